The number of piperidine rings is 1. The normalized spacial score (nSPS) is 18.1. The van der Waals surface area contributed by atoms with Crippen molar-refractivity contribution in [2.75, 3.05) is 18.8 Å². The van der Waals surface area contributed by atoms with Gasteiger partial charge < -0.3 is 0 Å². The Labute approximate surface area is 118 Å². The molecule has 0 aliphatic carbocycles. The molecule has 1 saturated heterocycles. The van der Waals surface area contributed by atoms with Gasteiger partial charge >= 0.3 is 0 Å². The topological polar surface area (TPSA) is 54.5 Å². The molecule has 0 unspecified atom stereocenters. The summed E-state index contributed by atoms with van der Waals surface area (Å²) in [6.45, 7) is 2.38. The van der Waals surface area contributed by atoms with E-state index in [0.717, 1.165) is 0 Å². The van der Waals surface area contributed by atoms with Crippen molar-refractivity contribution >= 4 is 15.8 Å². The summed E-state index contributed by atoms with van der Waals surface area (Å²) < 4.78 is 37.8. The van der Waals surface area contributed by atoms with Crippen molar-refractivity contribution in [1.82, 2.24) is 4.31 Å². The van der Waals surface area contributed by atoms with Crippen molar-refractivity contribution in [1.29, 1.82) is 0 Å². The molecule has 0 spiro atoms. The van der Waals surface area contributed by atoms with Gasteiger partial charge in [-0.05, 0) is 44.0 Å². The van der Waals surface area contributed by atoms with Crippen LogP contribution in [0.25, 0.3) is 0 Å². The van der Waals surface area contributed by atoms with Gasteiger partial charge in [-0.1, -0.05) is 0 Å². The van der Waals surface area contributed by atoms with Crippen LogP contribution in [0.5, 0.6) is 0 Å². The Kier molecular flexibility index (Phi) is 4.55. The van der Waals surface area contributed by atoms with Crippen LogP contribution in [-0.4, -0.2) is 37.3 Å². The summed E-state index contributed by atoms with van der Waals surface area (Å²) in [5.41, 5.74) is 0.489. The number of ketones is 1. The Morgan fingerprint density at radius 1 is 1.25 bits per heavy atom. The molecule has 1 aliphatic rings. The van der Waals surface area contributed by atoms with Gasteiger partial charge in [-0.25, -0.2) is 17.1 Å². The lowest BCUT2D eigenvalue weighted by Gasteiger charge is -2.30. The molecule has 0 saturated carbocycles. The minimum atomic E-state index is -3.17. The molecule has 1 aromatic carbocycles. The van der Waals surface area contributed by atoms with E-state index in [2.05, 4.69) is 0 Å². The largest absolute Gasteiger partial charge is 0.294 e. The average Bonchev–Trinajstić information content (AvgIpc) is 2.47. The highest BCUT2D eigenvalue weighted by atomic mass is 32.2. The zero-order chi connectivity index (χ0) is 14.8. The fourth-order valence-corrected chi connectivity index (χ4v) is 3.56. The van der Waals surface area contributed by atoms with E-state index < -0.39 is 10.0 Å². The molecule has 1 aromatic rings. The Morgan fingerprint density at radius 2 is 1.80 bits per heavy atom. The van der Waals surface area contributed by atoms with E-state index in [9.17, 15) is 17.6 Å². The SMILES string of the molecule is CCS(=O)(=O)N1CCC(C(=O)c2ccc(F)cc2)CC1. The second kappa shape index (κ2) is 6.01. The van der Waals surface area contributed by atoms with Gasteiger partial charge in [0.2, 0.25) is 10.0 Å². The number of rotatable bonds is 4. The van der Waals surface area contributed by atoms with Crippen molar-refractivity contribution in [3.05, 3.63) is 35.6 Å². The number of hydrogen-bond acceptors (Lipinski definition) is 3. The van der Waals surface area contributed by atoms with Crippen LogP contribution < -0.4 is 0 Å². The van der Waals surface area contributed by atoms with Gasteiger partial charge in [-0.15, -0.1) is 0 Å². The van der Waals surface area contributed by atoms with E-state index in [1.54, 1.807) is 6.92 Å². The van der Waals surface area contributed by atoms with E-state index in [-0.39, 0.29) is 23.3 Å². The molecular weight excluding hydrogens is 281 g/mol. The number of halogens is 1. The first kappa shape index (κ1) is 15.1. The number of sulfonamides is 1. The summed E-state index contributed by atoms with van der Waals surface area (Å²) >= 11 is 0. The highest BCUT2D eigenvalue weighted by molar-refractivity contribution is 7.89. The second-order valence-electron chi connectivity index (χ2n) is 4.95. The third kappa shape index (κ3) is 3.24. The number of benzene rings is 1. The maximum absolute atomic E-state index is 12.8. The monoisotopic (exact) mass is 299 g/mol. The summed E-state index contributed by atoms with van der Waals surface area (Å²) in [4.78, 5) is 12.2. The molecule has 110 valence electrons. The Hall–Kier alpha value is -1.27. The van der Waals surface area contributed by atoms with Gasteiger partial charge in [-0.2, -0.15) is 0 Å². The summed E-state index contributed by atoms with van der Waals surface area (Å²) in [6.07, 6.45) is 1.05. The predicted molar refractivity (Wildman–Crippen MR) is 74.5 cm³/mol. The molecule has 1 fully saturated rings. The maximum atomic E-state index is 12.8. The van der Waals surface area contributed by atoms with E-state index in [4.69, 9.17) is 0 Å². The smallest absolute Gasteiger partial charge is 0.213 e. The van der Waals surface area contributed by atoms with Crippen LogP contribution in [0.15, 0.2) is 24.3 Å². The molecule has 20 heavy (non-hydrogen) atoms. The zero-order valence-electron chi connectivity index (χ0n) is 11.4. The predicted octanol–water partition coefficient (Wildman–Crippen LogP) is 2.07. The average molecular weight is 299 g/mol. The zero-order valence-corrected chi connectivity index (χ0v) is 12.2. The first-order chi connectivity index (χ1) is 9.44. The fourth-order valence-electron chi connectivity index (χ4n) is 2.43. The van der Waals surface area contributed by atoms with Crippen LogP contribution in [0.3, 0.4) is 0 Å². The second-order valence-corrected chi connectivity index (χ2v) is 7.20. The molecule has 1 heterocycles. The van der Waals surface area contributed by atoms with Crippen molar-refractivity contribution in [3.8, 4) is 0 Å². The van der Waals surface area contributed by atoms with Crippen LogP contribution in [0.4, 0.5) is 4.39 Å². The number of carbonyl (C=O) groups excluding carboxylic acids is 1. The molecule has 0 radical (unpaired) electrons. The van der Waals surface area contributed by atoms with Gasteiger partial charge in [0, 0.05) is 24.6 Å². The van der Waals surface area contributed by atoms with Crippen LogP contribution in [0.1, 0.15) is 30.1 Å². The molecule has 4 nitrogen and oxygen atoms in total. The summed E-state index contributed by atoms with van der Waals surface area (Å²) in [6, 6.07) is 5.49. The lowest BCUT2D eigenvalue weighted by molar-refractivity contribution is 0.0875. The molecule has 0 N–H and O–H groups in total. The Balaban J connectivity index is 2.00. The van der Waals surface area contributed by atoms with Gasteiger partial charge in [0.15, 0.2) is 5.78 Å². The Morgan fingerprint density at radius 3 is 2.30 bits per heavy atom. The van der Waals surface area contributed by atoms with E-state index in [1.807, 2.05) is 0 Å². The van der Waals surface area contributed by atoms with Crippen molar-refractivity contribution in [3.63, 3.8) is 0 Å². The lowest BCUT2D eigenvalue weighted by atomic mass is 9.90. The van der Waals surface area contributed by atoms with Crippen LogP contribution in [0, 0.1) is 11.7 Å². The summed E-state index contributed by atoms with van der Waals surface area (Å²) in [5, 5.41) is 0. The van der Waals surface area contributed by atoms with Gasteiger partial charge in [0.05, 0.1) is 5.75 Å². The number of nitrogens with zero attached hydrogens (tertiary/aromatic N) is 1. The molecule has 0 aromatic heterocycles. The van der Waals surface area contributed by atoms with Crippen LogP contribution in [-0.2, 0) is 10.0 Å². The van der Waals surface area contributed by atoms with Gasteiger partial charge in [0.1, 0.15) is 5.82 Å². The highest BCUT2D eigenvalue weighted by Gasteiger charge is 2.30. The number of carbonyl (C=O) groups is 1. The van der Waals surface area contributed by atoms with Gasteiger partial charge in [-0.3, -0.25) is 4.79 Å². The molecule has 6 heteroatoms. The first-order valence-corrected chi connectivity index (χ1v) is 8.32. The first-order valence-electron chi connectivity index (χ1n) is 6.71. The maximum Gasteiger partial charge on any atom is 0.213 e. The molecule has 1 aliphatic heterocycles. The summed E-state index contributed by atoms with van der Waals surface area (Å²) in [5.74, 6) is -0.489. The molecule has 0 bridgehead atoms. The lowest BCUT2D eigenvalue weighted by Crippen LogP contribution is -2.40. The Bertz CT molecular complexity index is 575. The summed E-state index contributed by atoms with van der Waals surface area (Å²) in [7, 11) is -3.17. The third-order valence-corrected chi connectivity index (χ3v) is 5.59. The molecule has 0 atom stereocenters. The molecular formula is C14H18FNO3S. The quantitative estimate of drug-likeness (QED) is 0.800. The van der Waals surface area contributed by atoms with Crippen molar-refractivity contribution < 1.29 is 17.6 Å². The minimum Gasteiger partial charge on any atom is -0.294 e. The fraction of sp³-hybridized carbons (Fsp3) is 0.500. The van der Waals surface area contributed by atoms with Gasteiger partial charge in [0.25, 0.3) is 0 Å². The molecule has 0 amide bonds. The van der Waals surface area contributed by atoms with Crippen LogP contribution >= 0.6 is 0 Å². The van der Waals surface area contributed by atoms with E-state index in [0.29, 0.717) is 31.5 Å². The number of Topliss-reactive ketones (excluding diaryl/α,β-unsaturated/α-hetero) is 1. The third-order valence-electron chi connectivity index (χ3n) is 3.71. The van der Waals surface area contributed by atoms with E-state index >= 15 is 0 Å². The van der Waals surface area contributed by atoms with E-state index in [1.165, 1.54) is 28.6 Å². The standard InChI is InChI=1S/C14H18FNO3S/c1-2-20(18,19)16-9-7-12(8-10-16)14(17)11-3-5-13(15)6-4-11/h3-6,12H,2,7-10H2,1H3. The minimum absolute atomic E-state index is 0.0291. The number of hydrogen-bond donors (Lipinski definition) is 0. The molecule has 2 rings (SSSR count). The van der Waals surface area contributed by atoms with Crippen molar-refractivity contribution in [2.24, 2.45) is 5.92 Å². The van der Waals surface area contributed by atoms with Crippen molar-refractivity contribution in [2.45, 2.75) is 19.8 Å². The van der Waals surface area contributed by atoms with Crippen LogP contribution in [0.2, 0.25) is 0 Å². The highest BCUT2D eigenvalue weighted by Crippen LogP contribution is 2.23.